The molecule has 9 nitrogen and oxygen atoms in total. The molecular formula is C40H41N5O4S. The van der Waals surface area contributed by atoms with E-state index in [2.05, 4.69) is 25.6 Å². The molecule has 3 atom stereocenters. The Morgan fingerprint density at radius 3 is 2.22 bits per heavy atom. The number of rotatable bonds is 9. The molecule has 0 saturated heterocycles. The minimum absolute atomic E-state index is 0.0643. The predicted molar refractivity (Wildman–Crippen MR) is 194 cm³/mol. The van der Waals surface area contributed by atoms with Crippen molar-refractivity contribution in [3.05, 3.63) is 142 Å². The number of methoxy groups -OCH3 is 1. The molecule has 1 aliphatic heterocycles. The molecule has 0 saturated carbocycles. The molecule has 50 heavy (non-hydrogen) atoms. The lowest BCUT2D eigenvalue weighted by Gasteiger charge is -2.37. The zero-order chi connectivity index (χ0) is 34.3. The quantitative estimate of drug-likeness (QED) is 0.156. The first-order chi connectivity index (χ1) is 24.4. The lowest BCUT2D eigenvalue weighted by Crippen LogP contribution is -2.48. The molecule has 8 rings (SSSR count). The van der Waals surface area contributed by atoms with Gasteiger partial charge in [-0.3, -0.25) is 0 Å². The summed E-state index contributed by atoms with van der Waals surface area (Å²) in [5.41, 5.74) is 6.88. The van der Waals surface area contributed by atoms with Gasteiger partial charge in [-0.1, -0.05) is 97.1 Å². The lowest BCUT2D eigenvalue weighted by atomic mass is 9.78. The number of hydrogen-bond acceptors (Lipinski definition) is 5. The Morgan fingerprint density at radius 1 is 0.960 bits per heavy atom. The van der Waals surface area contributed by atoms with Crippen molar-refractivity contribution < 1.29 is 18.5 Å². The molecule has 5 aromatic rings. The van der Waals surface area contributed by atoms with E-state index in [1.807, 2.05) is 97.9 Å². The largest absolute Gasteiger partial charge is 0.475 e. The number of hydrogen-bond donors (Lipinski definition) is 2. The summed E-state index contributed by atoms with van der Waals surface area (Å²) in [5.74, 6) is 0.505. The molecular weight excluding hydrogens is 647 g/mol. The number of nitrogens with zero attached hydrogens (tertiary/aromatic N) is 3. The fraction of sp³-hybridized carbons (Fsp3) is 0.300. The van der Waals surface area contributed by atoms with Gasteiger partial charge in [0.25, 0.3) is 0 Å². The van der Waals surface area contributed by atoms with Crippen molar-refractivity contribution in [3.63, 3.8) is 0 Å². The minimum Gasteiger partial charge on any atom is -0.475 e. The maximum absolute atomic E-state index is 16.0. The van der Waals surface area contributed by atoms with Crippen LogP contribution < -0.4 is 14.8 Å². The summed E-state index contributed by atoms with van der Waals surface area (Å²) in [6, 6.07) is 31.2. The van der Waals surface area contributed by atoms with E-state index in [1.54, 1.807) is 11.8 Å². The number of amides is 2. The summed E-state index contributed by atoms with van der Waals surface area (Å²) in [4.78, 5) is 14.7. The molecule has 2 heterocycles. The van der Waals surface area contributed by atoms with E-state index in [0.717, 1.165) is 65.6 Å². The van der Waals surface area contributed by atoms with Crippen LogP contribution in [0.2, 0.25) is 0 Å². The number of nitrogens with one attached hydrogen (secondary N) is 2. The van der Waals surface area contributed by atoms with Gasteiger partial charge in [0, 0.05) is 18.7 Å². The van der Waals surface area contributed by atoms with Crippen LogP contribution in [0.3, 0.4) is 0 Å². The lowest BCUT2D eigenvalue weighted by molar-refractivity contribution is 0.179. The Balaban J connectivity index is 1.33. The van der Waals surface area contributed by atoms with E-state index in [9.17, 15) is 4.79 Å². The topological polar surface area (TPSA) is 107 Å². The van der Waals surface area contributed by atoms with E-state index in [1.165, 1.54) is 17.3 Å². The van der Waals surface area contributed by atoms with Crippen LogP contribution in [0, 0.1) is 0 Å². The van der Waals surface area contributed by atoms with Crippen LogP contribution in [0.15, 0.2) is 113 Å². The van der Waals surface area contributed by atoms with Crippen molar-refractivity contribution in [2.45, 2.75) is 61.4 Å². The summed E-state index contributed by atoms with van der Waals surface area (Å²) < 4.78 is 37.6. The normalized spacial score (nSPS) is 18.8. The van der Waals surface area contributed by atoms with Crippen LogP contribution >= 0.6 is 0 Å². The Kier molecular flexibility index (Phi) is 8.54. The maximum Gasteiger partial charge on any atom is 0.354 e. The van der Waals surface area contributed by atoms with Crippen LogP contribution in [0.25, 0.3) is 0 Å². The molecule has 0 bridgehead atoms. The third kappa shape index (κ3) is 5.52. The molecule has 0 fully saturated rings. The zero-order valence-corrected chi connectivity index (χ0v) is 29.1. The van der Waals surface area contributed by atoms with Gasteiger partial charge in [-0.2, -0.15) is 5.10 Å². The second-order valence-electron chi connectivity index (χ2n) is 13.4. The average Bonchev–Trinajstić information content (AvgIpc) is 3.95. The fourth-order valence-corrected chi connectivity index (χ4v) is 9.93. The number of fused-ring (bicyclic) bond motifs is 3. The van der Waals surface area contributed by atoms with Crippen LogP contribution in [-0.2, 0) is 39.5 Å². The van der Waals surface area contributed by atoms with E-state index in [-0.39, 0.29) is 16.9 Å². The summed E-state index contributed by atoms with van der Waals surface area (Å²) in [6.45, 7) is 2.93. The molecule has 256 valence electrons. The smallest absolute Gasteiger partial charge is 0.354 e. The van der Waals surface area contributed by atoms with Gasteiger partial charge in [-0.15, -0.1) is 4.36 Å². The highest BCUT2D eigenvalue weighted by molar-refractivity contribution is 7.92. The van der Waals surface area contributed by atoms with E-state index < -0.39 is 21.5 Å². The molecule has 3 aliphatic rings. The van der Waals surface area contributed by atoms with Crippen molar-refractivity contribution in [2.75, 3.05) is 25.6 Å². The van der Waals surface area contributed by atoms with Gasteiger partial charge in [-0.25, -0.2) is 18.4 Å². The number of urea groups is 1. The van der Waals surface area contributed by atoms with Crippen LogP contribution in [-0.4, -0.2) is 40.3 Å². The number of carbonyl (C=O) groups excluding carboxylic acids is 1. The van der Waals surface area contributed by atoms with Gasteiger partial charge in [0.2, 0.25) is 5.88 Å². The monoisotopic (exact) mass is 687 g/mol. The second-order valence-corrected chi connectivity index (χ2v) is 15.3. The van der Waals surface area contributed by atoms with Crippen LogP contribution in [0.1, 0.15) is 70.7 Å². The number of aromatic nitrogens is 2. The number of ether oxygens (including phenoxy) is 2. The second kappa shape index (κ2) is 13.2. The highest BCUT2D eigenvalue weighted by Crippen LogP contribution is 2.45. The Hall–Kier alpha value is -4.77. The van der Waals surface area contributed by atoms with E-state index in [0.29, 0.717) is 19.1 Å². The molecule has 0 spiro atoms. The Morgan fingerprint density at radius 2 is 1.60 bits per heavy atom. The molecule has 1 aromatic heterocycles. The molecule has 10 heteroatoms. The number of anilines is 1. The molecule has 0 radical (unpaired) electrons. The van der Waals surface area contributed by atoms with Crippen LogP contribution in [0.5, 0.6) is 5.88 Å². The molecule has 2 amide bonds. The maximum atomic E-state index is 16.0. The van der Waals surface area contributed by atoms with Crippen molar-refractivity contribution >= 4 is 21.6 Å². The van der Waals surface area contributed by atoms with E-state index >= 15 is 4.21 Å². The molecule has 2 aliphatic carbocycles. The SMILES string of the molecule is COC[C@@H]1CCc2cc3c(c(NC(=O)N=S(=O)(NC(c4ccccc4)(c4ccccc4)c4ccccc4)c4cnn5c4OC[C@@H]5C)c21)CCC3. The van der Waals surface area contributed by atoms with Crippen LogP contribution in [0.4, 0.5) is 10.5 Å². The third-order valence-corrected chi connectivity index (χ3v) is 12.2. The van der Waals surface area contributed by atoms with Crippen molar-refractivity contribution in [3.8, 4) is 5.88 Å². The van der Waals surface area contributed by atoms with E-state index in [4.69, 9.17) is 9.47 Å². The summed E-state index contributed by atoms with van der Waals surface area (Å²) >= 11 is 0. The first-order valence-corrected chi connectivity index (χ1v) is 18.8. The number of aryl methyl sites for hydroxylation is 2. The predicted octanol–water partition coefficient (Wildman–Crippen LogP) is 7.56. The van der Waals surface area contributed by atoms with Gasteiger partial charge >= 0.3 is 6.03 Å². The fourth-order valence-electron chi connectivity index (χ4n) is 8.05. The highest BCUT2D eigenvalue weighted by Gasteiger charge is 2.43. The summed E-state index contributed by atoms with van der Waals surface area (Å²) in [6.07, 6.45) is 6.28. The first-order valence-electron chi connectivity index (χ1n) is 17.3. The average molecular weight is 688 g/mol. The summed E-state index contributed by atoms with van der Waals surface area (Å²) in [7, 11) is -2.10. The summed E-state index contributed by atoms with van der Waals surface area (Å²) in [5, 5.41) is 7.76. The Labute approximate surface area is 293 Å². The zero-order valence-electron chi connectivity index (χ0n) is 28.3. The van der Waals surface area contributed by atoms with Crippen molar-refractivity contribution in [1.82, 2.24) is 14.5 Å². The van der Waals surface area contributed by atoms with Gasteiger partial charge in [0.05, 0.1) is 18.8 Å². The van der Waals surface area contributed by atoms with Gasteiger partial charge < -0.3 is 14.8 Å². The van der Waals surface area contributed by atoms with Crippen molar-refractivity contribution in [2.24, 2.45) is 4.36 Å². The minimum atomic E-state index is -3.82. The molecule has 2 N–H and O–H groups in total. The van der Waals surface area contributed by atoms with Gasteiger partial charge in [-0.05, 0) is 78.0 Å². The van der Waals surface area contributed by atoms with Crippen molar-refractivity contribution in [1.29, 1.82) is 0 Å². The highest BCUT2D eigenvalue weighted by atomic mass is 32.2. The Bertz CT molecular complexity index is 2060. The number of benzene rings is 4. The van der Waals surface area contributed by atoms with Gasteiger partial charge in [0.15, 0.2) is 9.92 Å². The third-order valence-electron chi connectivity index (χ3n) is 10.3. The van der Waals surface area contributed by atoms with Gasteiger partial charge in [0.1, 0.15) is 17.0 Å². The first kappa shape index (κ1) is 32.4. The molecule has 1 unspecified atom stereocenters. The molecule has 4 aromatic carbocycles. The number of carbonyl (C=O) groups is 1. The standard InChI is InChI=1S/C40H41N5O4S/c1-27-25-49-38-35(24-41-45(27)38)50(47,43-39(46)42-37-34-20-12-13-28(34)23-29-21-22-30(26-48-2)36(29)37)44-40(31-14-6-3-7-15-31,32-16-8-4-9-17-32)33-18-10-5-11-19-33/h3-11,14-19,23-24,27,30H,12-13,20-22,25-26H2,1-2H3,(H2,42,43,44,46,47)/t27-,30-,50?/m0/s1.